The largest absolute Gasteiger partial charge is 0.455 e. The first-order valence-electron chi connectivity index (χ1n) is 7.04. The number of para-hydroxylation sites is 1. The minimum Gasteiger partial charge on any atom is -0.455 e. The van der Waals surface area contributed by atoms with E-state index in [1.165, 1.54) is 11.3 Å². The molecular formula is C16H15N3O3S. The van der Waals surface area contributed by atoms with Gasteiger partial charge in [0.05, 0.1) is 12.1 Å². The van der Waals surface area contributed by atoms with Crippen LogP contribution in [0.2, 0.25) is 0 Å². The van der Waals surface area contributed by atoms with Crippen LogP contribution >= 0.6 is 11.3 Å². The number of fused-ring (bicyclic) bond motifs is 1. The number of hydrogen-bond acceptors (Lipinski definition) is 5. The number of hydrogen-bond donors (Lipinski definition) is 1. The lowest BCUT2D eigenvalue weighted by Gasteiger charge is -2.08. The van der Waals surface area contributed by atoms with Gasteiger partial charge in [-0.3, -0.25) is 14.0 Å². The Kier molecular flexibility index (Phi) is 4.38. The highest BCUT2D eigenvalue weighted by molar-refractivity contribution is 7.15. The van der Waals surface area contributed by atoms with Crippen LogP contribution in [0, 0.1) is 6.92 Å². The maximum absolute atomic E-state index is 11.8. The van der Waals surface area contributed by atoms with E-state index in [0.717, 1.165) is 10.5 Å². The van der Waals surface area contributed by atoms with Gasteiger partial charge in [-0.1, -0.05) is 18.2 Å². The van der Waals surface area contributed by atoms with Gasteiger partial charge in [-0.2, -0.15) is 0 Å². The number of amides is 1. The van der Waals surface area contributed by atoms with Crippen LogP contribution in [0.5, 0.6) is 0 Å². The van der Waals surface area contributed by atoms with E-state index in [2.05, 4.69) is 10.3 Å². The molecule has 3 rings (SSSR count). The number of nitrogens with zero attached hydrogens (tertiary/aromatic N) is 2. The number of aryl methyl sites for hydroxylation is 1. The van der Waals surface area contributed by atoms with E-state index in [4.69, 9.17) is 4.74 Å². The molecule has 0 atom stereocenters. The molecule has 0 aliphatic carbocycles. The van der Waals surface area contributed by atoms with Crippen molar-refractivity contribution in [2.24, 2.45) is 0 Å². The fourth-order valence-electron chi connectivity index (χ4n) is 2.11. The summed E-state index contributed by atoms with van der Waals surface area (Å²) in [5.74, 6) is -0.839. The predicted molar refractivity (Wildman–Crippen MR) is 87.5 cm³/mol. The Bertz CT molecular complexity index is 825. The van der Waals surface area contributed by atoms with Crippen molar-refractivity contribution in [3.8, 4) is 0 Å². The number of ether oxygens (including phenoxy) is 1. The molecule has 118 valence electrons. The third kappa shape index (κ3) is 3.75. The quantitative estimate of drug-likeness (QED) is 0.730. The van der Waals surface area contributed by atoms with Gasteiger partial charge in [0, 0.05) is 23.5 Å². The summed E-state index contributed by atoms with van der Waals surface area (Å²) in [5, 5.41) is 4.63. The number of benzene rings is 1. The van der Waals surface area contributed by atoms with E-state index in [-0.39, 0.29) is 18.9 Å². The van der Waals surface area contributed by atoms with Crippen LogP contribution in [0.15, 0.2) is 42.0 Å². The van der Waals surface area contributed by atoms with Gasteiger partial charge in [-0.15, -0.1) is 11.3 Å². The fraction of sp³-hybridized carbons (Fsp3) is 0.188. The summed E-state index contributed by atoms with van der Waals surface area (Å²) in [5.41, 5.74) is 2.29. The number of carbonyl (C=O) groups excluding carboxylic acids is 2. The summed E-state index contributed by atoms with van der Waals surface area (Å²) < 4.78 is 6.84. The summed E-state index contributed by atoms with van der Waals surface area (Å²) in [6, 6.07) is 7.42. The van der Waals surface area contributed by atoms with Gasteiger partial charge in [-0.05, 0) is 18.6 Å². The van der Waals surface area contributed by atoms with Gasteiger partial charge in [0.1, 0.15) is 0 Å². The van der Waals surface area contributed by atoms with E-state index in [1.54, 1.807) is 12.3 Å². The lowest BCUT2D eigenvalue weighted by Crippen LogP contribution is -2.22. The van der Waals surface area contributed by atoms with Crippen LogP contribution < -0.4 is 5.32 Å². The molecular weight excluding hydrogens is 314 g/mol. The third-order valence-corrected chi connectivity index (χ3v) is 4.02. The molecule has 2 aromatic heterocycles. The molecule has 1 N–H and O–H groups in total. The summed E-state index contributed by atoms with van der Waals surface area (Å²) in [7, 11) is 0. The molecule has 0 fully saturated rings. The number of anilines is 1. The Morgan fingerprint density at radius 3 is 2.96 bits per heavy atom. The maximum atomic E-state index is 11.8. The third-order valence-electron chi connectivity index (χ3n) is 3.25. The molecule has 1 aromatic carbocycles. The smallest absolute Gasteiger partial charge is 0.312 e. The molecule has 3 aromatic rings. The fourth-order valence-corrected chi connectivity index (χ4v) is 2.82. The Balaban J connectivity index is 1.49. The monoisotopic (exact) mass is 329 g/mol. The number of esters is 1. The highest BCUT2D eigenvalue weighted by Gasteiger charge is 2.12. The number of rotatable bonds is 5. The van der Waals surface area contributed by atoms with E-state index in [1.807, 2.05) is 41.1 Å². The van der Waals surface area contributed by atoms with Crippen molar-refractivity contribution in [3.05, 3.63) is 53.3 Å². The van der Waals surface area contributed by atoms with Crippen molar-refractivity contribution < 1.29 is 14.3 Å². The lowest BCUT2D eigenvalue weighted by atomic mass is 10.2. The molecule has 0 unspecified atom stereocenters. The zero-order chi connectivity index (χ0) is 16.2. The number of thiazole rings is 1. The van der Waals surface area contributed by atoms with Crippen molar-refractivity contribution in [1.82, 2.24) is 9.38 Å². The second kappa shape index (κ2) is 6.62. The van der Waals surface area contributed by atoms with Crippen molar-refractivity contribution in [1.29, 1.82) is 0 Å². The second-order valence-electron chi connectivity index (χ2n) is 5.03. The van der Waals surface area contributed by atoms with Gasteiger partial charge < -0.3 is 10.1 Å². The highest BCUT2D eigenvalue weighted by atomic mass is 32.1. The van der Waals surface area contributed by atoms with E-state index in [0.29, 0.717) is 11.4 Å². The topological polar surface area (TPSA) is 72.7 Å². The van der Waals surface area contributed by atoms with Crippen molar-refractivity contribution in [2.45, 2.75) is 13.3 Å². The molecule has 7 heteroatoms. The van der Waals surface area contributed by atoms with Crippen LogP contribution in [-0.4, -0.2) is 27.9 Å². The first kappa shape index (κ1) is 15.2. The summed E-state index contributed by atoms with van der Waals surface area (Å²) in [4.78, 5) is 28.7. The maximum Gasteiger partial charge on any atom is 0.312 e. The van der Waals surface area contributed by atoms with Crippen LogP contribution in [0.3, 0.4) is 0 Å². The number of nitrogens with one attached hydrogen (secondary N) is 1. The van der Waals surface area contributed by atoms with Crippen LogP contribution in [0.4, 0.5) is 5.69 Å². The minimum absolute atomic E-state index is 0.0477. The van der Waals surface area contributed by atoms with Gasteiger partial charge >= 0.3 is 5.97 Å². The molecule has 0 bridgehead atoms. The number of imidazole rings is 1. The average molecular weight is 329 g/mol. The summed E-state index contributed by atoms with van der Waals surface area (Å²) in [6.45, 7) is 1.58. The molecule has 0 aliphatic rings. The molecule has 23 heavy (non-hydrogen) atoms. The molecule has 0 saturated carbocycles. The molecule has 0 aliphatic heterocycles. The molecule has 0 radical (unpaired) electrons. The summed E-state index contributed by atoms with van der Waals surface area (Å²) >= 11 is 1.49. The van der Waals surface area contributed by atoms with Crippen molar-refractivity contribution >= 4 is 33.9 Å². The van der Waals surface area contributed by atoms with Gasteiger partial charge in [0.2, 0.25) is 0 Å². The normalized spacial score (nSPS) is 10.7. The average Bonchev–Trinajstić information content (AvgIpc) is 3.09. The Hall–Kier alpha value is -2.67. The first-order chi connectivity index (χ1) is 11.1. The Morgan fingerprint density at radius 2 is 2.17 bits per heavy atom. The van der Waals surface area contributed by atoms with Crippen LogP contribution in [-0.2, 0) is 20.7 Å². The zero-order valence-corrected chi connectivity index (χ0v) is 13.3. The molecule has 2 heterocycles. The lowest BCUT2D eigenvalue weighted by molar-refractivity contribution is -0.146. The standard InChI is InChI=1S/C16H15N3O3S/c1-11-4-2-3-5-13(11)18-14(20)10-22-15(21)8-12-9-19-6-7-23-16(19)17-12/h2-7,9H,8,10H2,1H3,(H,18,20). The Morgan fingerprint density at radius 1 is 1.35 bits per heavy atom. The van der Waals surface area contributed by atoms with Gasteiger partial charge in [0.25, 0.3) is 5.91 Å². The van der Waals surface area contributed by atoms with E-state index >= 15 is 0 Å². The van der Waals surface area contributed by atoms with Crippen LogP contribution in [0.25, 0.3) is 4.96 Å². The number of aromatic nitrogens is 2. The highest BCUT2D eigenvalue weighted by Crippen LogP contribution is 2.13. The Labute approximate surface area is 136 Å². The molecule has 0 saturated heterocycles. The predicted octanol–water partition coefficient (Wildman–Crippen LogP) is 2.43. The van der Waals surface area contributed by atoms with Gasteiger partial charge in [-0.25, -0.2) is 4.98 Å². The number of carbonyl (C=O) groups is 2. The van der Waals surface area contributed by atoms with Crippen LogP contribution in [0.1, 0.15) is 11.3 Å². The van der Waals surface area contributed by atoms with Gasteiger partial charge in [0.15, 0.2) is 11.6 Å². The minimum atomic E-state index is -0.476. The molecule has 0 spiro atoms. The zero-order valence-electron chi connectivity index (χ0n) is 12.5. The van der Waals surface area contributed by atoms with E-state index < -0.39 is 5.97 Å². The molecule has 1 amide bonds. The summed E-state index contributed by atoms with van der Waals surface area (Å²) in [6.07, 6.45) is 3.70. The first-order valence-corrected chi connectivity index (χ1v) is 7.92. The van der Waals surface area contributed by atoms with Crippen molar-refractivity contribution in [3.63, 3.8) is 0 Å². The van der Waals surface area contributed by atoms with E-state index in [9.17, 15) is 9.59 Å². The second-order valence-corrected chi connectivity index (χ2v) is 5.90. The SMILES string of the molecule is Cc1ccccc1NC(=O)COC(=O)Cc1cn2ccsc2n1. The molecule has 6 nitrogen and oxygen atoms in total. The van der Waals surface area contributed by atoms with Crippen molar-refractivity contribution in [2.75, 3.05) is 11.9 Å².